The number of hydrogen-bond donors (Lipinski definition) is 1. The second-order valence-corrected chi connectivity index (χ2v) is 5.56. The number of rotatable bonds is 5. The quantitative estimate of drug-likeness (QED) is 0.897. The summed E-state index contributed by atoms with van der Waals surface area (Å²) in [5, 5.41) is 7.75. The van der Waals surface area contributed by atoms with Gasteiger partial charge in [-0.3, -0.25) is 4.68 Å². The van der Waals surface area contributed by atoms with Gasteiger partial charge in [-0.1, -0.05) is 0 Å². The van der Waals surface area contributed by atoms with Crippen molar-refractivity contribution in [3.8, 4) is 11.5 Å². The molecule has 0 amide bonds. The van der Waals surface area contributed by atoms with E-state index in [0.717, 1.165) is 32.8 Å². The van der Waals surface area contributed by atoms with Crippen LogP contribution in [0.25, 0.3) is 0 Å². The van der Waals surface area contributed by atoms with Gasteiger partial charge in [0.15, 0.2) is 0 Å². The van der Waals surface area contributed by atoms with E-state index in [1.807, 2.05) is 44.0 Å². The average molecular weight is 354 g/mol. The van der Waals surface area contributed by atoms with Crippen molar-refractivity contribution in [3.05, 3.63) is 39.6 Å². The van der Waals surface area contributed by atoms with Crippen molar-refractivity contribution in [2.24, 2.45) is 7.05 Å². The molecule has 114 valence electrons. The minimum Gasteiger partial charge on any atom is -0.495 e. The van der Waals surface area contributed by atoms with Crippen molar-refractivity contribution in [2.75, 3.05) is 21.3 Å². The Hall–Kier alpha value is -1.53. The van der Waals surface area contributed by atoms with E-state index in [1.165, 1.54) is 0 Å². The van der Waals surface area contributed by atoms with Crippen LogP contribution in [0.4, 0.5) is 0 Å². The first-order chi connectivity index (χ1) is 10.0. The Morgan fingerprint density at radius 3 is 2.43 bits per heavy atom. The van der Waals surface area contributed by atoms with Crippen molar-refractivity contribution >= 4 is 15.9 Å². The number of benzene rings is 1. The lowest BCUT2D eigenvalue weighted by Crippen LogP contribution is -2.19. The van der Waals surface area contributed by atoms with Gasteiger partial charge >= 0.3 is 0 Å². The van der Waals surface area contributed by atoms with Gasteiger partial charge in [-0.05, 0) is 42.0 Å². The number of nitrogens with one attached hydrogen (secondary N) is 1. The smallest absolute Gasteiger partial charge is 0.141 e. The second-order valence-electron chi connectivity index (χ2n) is 4.77. The fraction of sp³-hybridized carbons (Fsp3) is 0.400. The fourth-order valence-electron chi connectivity index (χ4n) is 2.53. The summed E-state index contributed by atoms with van der Waals surface area (Å²) in [5.41, 5.74) is 3.14. The first-order valence-corrected chi connectivity index (χ1v) is 7.40. The minimum atomic E-state index is -0.00384. The van der Waals surface area contributed by atoms with Crippen LogP contribution in [0.5, 0.6) is 11.5 Å². The third-order valence-corrected chi connectivity index (χ3v) is 4.23. The predicted molar refractivity (Wildman–Crippen MR) is 86.1 cm³/mol. The number of halogens is 1. The Morgan fingerprint density at radius 1 is 1.24 bits per heavy atom. The SMILES string of the molecule is CNC(c1cn(C)nc1C)c1ccc(OC)c(Br)c1OC. The summed E-state index contributed by atoms with van der Waals surface area (Å²) >= 11 is 3.55. The van der Waals surface area contributed by atoms with Crippen LogP contribution in [0.15, 0.2) is 22.8 Å². The molecule has 0 aliphatic rings. The van der Waals surface area contributed by atoms with E-state index in [0.29, 0.717) is 0 Å². The van der Waals surface area contributed by atoms with Crippen LogP contribution in [0, 0.1) is 6.92 Å². The highest BCUT2D eigenvalue weighted by molar-refractivity contribution is 9.10. The van der Waals surface area contributed by atoms with E-state index in [4.69, 9.17) is 9.47 Å². The van der Waals surface area contributed by atoms with Crippen LogP contribution in [0.3, 0.4) is 0 Å². The lowest BCUT2D eigenvalue weighted by atomic mass is 9.98. The molecular formula is C15H20BrN3O2. The van der Waals surface area contributed by atoms with Gasteiger partial charge in [0.25, 0.3) is 0 Å². The zero-order valence-corrected chi connectivity index (χ0v) is 14.5. The number of aromatic nitrogens is 2. The Balaban J connectivity index is 2.57. The lowest BCUT2D eigenvalue weighted by molar-refractivity contribution is 0.383. The standard InChI is InChI=1S/C15H20BrN3O2/c1-9-11(8-19(3)18-9)14(17-2)10-6-7-12(20-4)13(16)15(10)21-5/h6-8,14,17H,1-5H3. The van der Waals surface area contributed by atoms with Gasteiger partial charge in [-0.2, -0.15) is 5.10 Å². The highest BCUT2D eigenvalue weighted by atomic mass is 79.9. The second kappa shape index (κ2) is 6.49. The molecular weight excluding hydrogens is 334 g/mol. The van der Waals surface area contributed by atoms with Gasteiger partial charge in [0.2, 0.25) is 0 Å². The normalized spacial score (nSPS) is 12.3. The fourth-order valence-corrected chi connectivity index (χ4v) is 3.21. The third kappa shape index (κ3) is 2.91. The molecule has 1 aromatic carbocycles. The van der Waals surface area contributed by atoms with Crippen LogP contribution in [-0.2, 0) is 7.05 Å². The lowest BCUT2D eigenvalue weighted by Gasteiger charge is -2.21. The van der Waals surface area contributed by atoms with E-state index >= 15 is 0 Å². The summed E-state index contributed by atoms with van der Waals surface area (Å²) in [6.45, 7) is 2.00. The number of ether oxygens (including phenoxy) is 2. The summed E-state index contributed by atoms with van der Waals surface area (Å²) in [6.07, 6.45) is 2.02. The van der Waals surface area contributed by atoms with Crippen molar-refractivity contribution in [1.82, 2.24) is 15.1 Å². The molecule has 1 unspecified atom stereocenters. The van der Waals surface area contributed by atoms with Gasteiger partial charge in [-0.25, -0.2) is 0 Å². The Morgan fingerprint density at radius 2 is 1.95 bits per heavy atom. The molecule has 21 heavy (non-hydrogen) atoms. The van der Waals surface area contributed by atoms with Crippen molar-refractivity contribution < 1.29 is 9.47 Å². The Labute approximate surface area is 133 Å². The van der Waals surface area contributed by atoms with Crippen LogP contribution < -0.4 is 14.8 Å². The highest BCUT2D eigenvalue weighted by Crippen LogP contribution is 2.41. The van der Waals surface area contributed by atoms with Gasteiger partial charge < -0.3 is 14.8 Å². The van der Waals surface area contributed by atoms with Gasteiger partial charge in [0.1, 0.15) is 16.0 Å². The molecule has 2 rings (SSSR count). The van der Waals surface area contributed by atoms with Gasteiger partial charge in [0, 0.05) is 24.4 Å². The number of nitrogens with zero attached hydrogens (tertiary/aromatic N) is 2. The number of methoxy groups -OCH3 is 2. The van der Waals surface area contributed by atoms with E-state index < -0.39 is 0 Å². The molecule has 0 radical (unpaired) electrons. The first-order valence-electron chi connectivity index (χ1n) is 6.61. The maximum atomic E-state index is 5.58. The molecule has 0 aliphatic carbocycles. The molecule has 6 heteroatoms. The largest absolute Gasteiger partial charge is 0.495 e. The van der Waals surface area contributed by atoms with Crippen LogP contribution in [-0.4, -0.2) is 31.0 Å². The summed E-state index contributed by atoms with van der Waals surface area (Å²) in [7, 11) is 7.14. The first kappa shape index (κ1) is 15.9. The topological polar surface area (TPSA) is 48.3 Å². The molecule has 1 N–H and O–H groups in total. The van der Waals surface area contributed by atoms with Crippen molar-refractivity contribution in [1.29, 1.82) is 0 Å². The summed E-state index contributed by atoms with van der Waals surface area (Å²) in [4.78, 5) is 0. The molecule has 2 aromatic rings. The van der Waals surface area contributed by atoms with Crippen LogP contribution >= 0.6 is 15.9 Å². The molecule has 5 nitrogen and oxygen atoms in total. The minimum absolute atomic E-state index is 0.00384. The number of aryl methyl sites for hydroxylation is 2. The van der Waals surface area contributed by atoms with Gasteiger partial charge in [-0.15, -0.1) is 0 Å². The van der Waals surface area contributed by atoms with Crippen LogP contribution in [0.2, 0.25) is 0 Å². The number of hydrogen-bond acceptors (Lipinski definition) is 4. The zero-order chi connectivity index (χ0) is 15.6. The predicted octanol–water partition coefficient (Wildman–Crippen LogP) is 2.82. The van der Waals surface area contributed by atoms with E-state index in [-0.39, 0.29) is 6.04 Å². The van der Waals surface area contributed by atoms with Crippen molar-refractivity contribution in [3.63, 3.8) is 0 Å². The molecule has 0 saturated carbocycles. The van der Waals surface area contributed by atoms with Crippen molar-refractivity contribution in [2.45, 2.75) is 13.0 Å². The van der Waals surface area contributed by atoms with Gasteiger partial charge in [0.05, 0.1) is 26.0 Å². The van der Waals surface area contributed by atoms with Crippen LogP contribution in [0.1, 0.15) is 22.9 Å². The molecule has 1 heterocycles. The molecule has 0 fully saturated rings. The highest BCUT2D eigenvalue weighted by Gasteiger charge is 2.23. The molecule has 1 aromatic heterocycles. The maximum Gasteiger partial charge on any atom is 0.141 e. The summed E-state index contributed by atoms with van der Waals surface area (Å²) in [5.74, 6) is 1.50. The monoisotopic (exact) mass is 353 g/mol. The summed E-state index contributed by atoms with van der Waals surface area (Å²) in [6, 6.07) is 3.93. The van der Waals surface area contributed by atoms with E-state index in [2.05, 4.69) is 26.3 Å². The summed E-state index contributed by atoms with van der Waals surface area (Å²) < 4.78 is 13.5. The van der Waals surface area contributed by atoms with E-state index in [1.54, 1.807) is 14.2 Å². The Kier molecular flexibility index (Phi) is 4.90. The molecule has 1 atom stereocenters. The Bertz CT molecular complexity index is 640. The molecule has 0 saturated heterocycles. The third-order valence-electron chi connectivity index (χ3n) is 3.48. The van der Waals surface area contributed by atoms with E-state index in [9.17, 15) is 0 Å². The average Bonchev–Trinajstić information content (AvgIpc) is 2.79. The zero-order valence-electron chi connectivity index (χ0n) is 12.9. The maximum absolute atomic E-state index is 5.58. The molecule has 0 bridgehead atoms. The molecule has 0 spiro atoms. The molecule has 0 aliphatic heterocycles.